The van der Waals surface area contributed by atoms with Gasteiger partial charge in [-0.15, -0.1) is 0 Å². The monoisotopic (exact) mass is 476 g/mol. The summed E-state index contributed by atoms with van der Waals surface area (Å²) in [5.41, 5.74) is 1.51. The molecule has 1 saturated heterocycles. The molecular formula is C23H28N2O7S. The number of piperidine rings is 1. The molecule has 1 fully saturated rings. The number of esters is 2. The van der Waals surface area contributed by atoms with Gasteiger partial charge in [0.05, 0.1) is 28.3 Å². The maximum Gasteiger partial charge on any atom is 0.340 e. The topological polar surface area (TPSA) is 123 Å². The Morgan fingerprint density at radius 2 is 1.61 bits per heavy atom. The fourth-order valence-corrected chi connectivity index (χ4v) is 5.36. The van der Waals surface area contributed by atoms with E-state index in [-0.39, 0.29) is 28.3 Å². The van der Waals surface area contributed by atoms with E-state index in [9.17, 15) is 22.8 Å². The number of H-pyrrole nitrogens is 1. The second kappa shape index (κ2) is 10.3. The third kappa shape index (κ3) is 5.33. The van der Waals surface area contributed by atoms with Gasteiger partial charge in [-0.1, -0.05) is 6.42 Å². The Labute approximate surface area is 193 Å². The van der Waals surface area contributed by atoms with E-state index < -0.39 is 34.4 Å². The van der Waals surface area contributed by atoms with Crippen molar-refractivity contribution in [2.24, 2.45) is 0 Å². The van der Waals surface area contributed by atoms with E-state index in [0.717, 1.165) is 19.3 Å². The number of aromatic nitrogens is 1. The summed E-state index contributed by atoms with van der Waals surface area (Å²) in [6, 6.07) is 5.47. The molecule has 2 heterocycles. The largest absolute Gasteiger partial charge is 0.462 e. The van der Waals surface area contributed by atoms with Gasteiger partial charge in [-0.2, -0.15) is 4.31 Å². The molecule has 0 amide bonds. The molecule has 1 aromatic carbocycles. The first-order chi connectivity index (χ1) is 15.7. The van der Waals surface area contributed by atoms with E-state index in [0.29, 0.717) is 24.3 Å². The molecular weight excluding hydrogens is 448 g/mol. The quantitative estimate of drug-likeness (QED) is 0.459. The molecule has 178 valence electrons. The predicted octanol–water partition coefficient (Wildman–Crippen LogP) is 3.02. The number of rotatable bonds is 8. The number of nitrogens with zero attached hydrogens (tertiary/aromatic N) is 1. The third-order valence-corrected chi connectivity index (χ3v) is 7.49. The Hall–Kier alpha value is -2.98. The van der Waals surface area contributed by atoms with Crippen molar-refractivity contribution >= 4 is 27.7 Å². The van der Waals surface area contributed by atoms with Crippen LogP contribution in [0.5, 0.6) is 0 Å². The summed E-state index contributed by atoms with van der Waals surface area (Å²) in [4.78, 5) is 40.0. The fourth-order valence-electron chi connectivity index (χ4n) is 3.84. The minimum absolute atomic E-state index is 0.112. The van der Waals surface area contributed by atoms with Gasteiger partial charge < -0.3 is 14.5 Å². The van der Waals surface area contributed by atoms with Gasteiger partial charge in [0.25, 0.3) is 0 Å². The summed E-state index contributed by atoms with van der Waals surface area (Å²) in [5.74, 6) is -1.78. The molecule has 3 rings (SSSR count). The van der Waals surface area contributed by atoms with Crippen LogP contribution in [0.2, 0.25) is 0 Å². The molecule has 9 nitrogen and oxygen atoms in total. The second-order valence-corrected chi connectivity index (χ2v) is 9.77. The van der Waals surface area contributed by atoms with Crippen molar-refractivity contribution in [1.29, 1.82) is 0 Å². The first-order valence-electron chi connectivity index (χ1n) is 10.8. The van der Waals surface area contributed by atoms with Gasteiger partial charge in [0.2, 0.25) is 15.8 Å². The molecule has 0 unspecified atom stereocenters. The summed E-state index contributed by atoms with van der Waals surface area (Å²) in [7, 11) is -3.60. The molecule has 10 heteroatoms. The molecule has 1 aliphatic heterocycles. The van der Waals surface area contributed by atoms with Crippen LogP contribution in [-0.2, 0) is 19.5 Å². The number of aryl methyl sites for hydroxylation is 1. The molecule has 0 radical (unpaired) electrons. The molecule has 0 spiro atoms. The highest BCUT2D eigenvalue weighted by atomic mass is 32.2. The molecule has 1 aromatic heterocycles. The lowest BCUT2D eigenvalue weighted by atomic mass is 10.1. The van der Waals surface area contributed by atoms with Gasteiger partial charge >= 0.3 is 11.9 Å². The average Bonchev–Trinajstić information content (AvgIpc) is 3.12. The van der Waals surface area contributed by atoms with Crippen LogP contribution < -0.4 is 0 Å². The smallest absolute Gasteiger partial charge is 0.340 e. The number of benzene rings is 1. The molecule has 1 aliphatic rings. The number of Topliss-reactive ketones (excluding diaryl/α,β-unsaturated/α-hetero) is 1. The van der Waals surface area contributed by atoms with Crippen LogP contribution in [0, 0.1) is 13.8 Å². The molecule has 0 saturated carbocycles. The van der Waals surface area contributed by atoms with Crippen LogP contribution >= 0.6 is 0 Å². The Kier molecular flexibility index (Phi) is 7.70. The van der Waals surface area contributed by atoms with E-state index in [2.05, 4.69) is 4.98 Å². The van der Waals surface area contributed by atoms with Gasteiger partial charge in [0.15, 0.2) is 6.61 Å². The second-order valence-electron chi connectivity index (χ2n) is 7.83. The lowest BCUT2D eigenvalue weighted by Crippen LogP contribution is -2.35. The zero-order valence-corrected chi connectivity index (χ0v) is 19.8. The number of carbonyl (C=O) groups is 3. The summed E-state index contributed by atoms with van der Waals surface area (Å²) in [6.45, 7) is 5.62. The normalized spacial score (nSPS) is 14.6. The summed E-state index contributed by atoms with van der Waals surface area (Å²) < 4.78 is 37.0. The van der Waals surface area contributed by atoms with Crippen molar-refractivity contribution < 1.29 is 32.3 Å². The number of ketones is 1. The maximum atomic E-state index is 12.7. The highest BCUT2D eigenvalue weighted by molar-refractivity contribution is 7.89. The number of sulfonamides is 1. The van der Waals surface area contributed by atoms with Crippen LogP contribution in [-0.4, -0.2) is 61.7 Å². The number of hydrogen-bond acceptors (Lipinski definition) is 7. The van der Waals surface area contributed by atoms with Crippen LogP contribution in [0.1, 0.15) is 68.6 Å². The number of ether oxygens (including phenoxy) is 2. The van der Waals surface area contributed by atoms with Crippen molar-refractivity contribution in [3.8, 4) is 0 Å². The minimum Gasteiger partial charge on any atom is -0.462 e. The number of hydrogen-bond donors (Lipinski definition) is 1. The van der Waals surface area contributed by atoms with E-state index >= 15 is 0 Å². The zero-order valence-electron chi connectivity index (χ0n) is 19.0. The summed E-state index contributed by atoms with van der Waals surface area (Å²) in [5, 5.41) is 0. The lowest BCUT2D eigenvalue weighted by molar-refractivity contribution is 0.0472. The fraction of sp³-hybridized carbons (Fsp3) is 0.435. The summed E-state index contributed by atoms with van der Waals surface area (Å²) >= 11 is 0. The van der Waals surface area contributed by atoms with Crippen molar-refractivity contribution in [2.45, 2.75) is 44.9 Å². The van der Waals surface area contributed by atoms with Gasteiger partial charge in [0.1, 0.15) is 0 Å². The SMILES string of the molecule is CCOC(=O)c1c(C)[nH]c(C(=O)COC(=O)c2ccc(S(=O)(=O)N3CCCCC3)cc2)c1C. The van der Waals surface area contributed by atoms with Crippen molar-refractivity contribution in [3.05, 3.63) is 52.3 Å². The number of aromatic amines is 1. The van der Waals surface area contributed by atoms with E-state index in [1.807, 2.05) is 0 Å². The third-order valence-electron chi connectivity index (χ3n) is 5.57. The van der Waals surface area contributed by atoms with Gasteiger partial charge in [-0.25, -0.2) is 18.0 Å². The molecule has 1 N–H and O–H groups in total. The van der Waals surface area contributed by atoms with E-state index in [1.54, 1.807) is 20.8 Å². The Balaban J connectivity index is 1.65. The Bertz CT molecular complexity index is 1140. The van der Waals surface area contributed by atoms with Gasteiger partial charge in [-0.3, -0.25) is 4.79 Å². The van der Waals surface area contributed by atoms with Crippen LogP contribution in [0.15, 0.2) is 29.2 Å². The number of nitrogens with one attached hydrogen (secondary N) is 1. The molecule has 33 heavy (non-hydrogen) atoms. The molecule has 2 aromatic rings. The van der Waals surface area contributed by atoms with Gasteiger partial charge in [-0.05, 0) is 63.4 Å². The van der Waals surface area contributed by atoms with Crippen LogP contribution in [0.4, 0.5) is 0 Å². The van der Waals surface area contributed by atoms with Crippen molar-refractivity contribution in [2.75, 3.05) is 26.3 Å². The molecule has 0 atom stereocenters. The Morgan fingerprint density at radius 3 is 2.21 bits per heavy atom. The molecule has 0 aliphatic carbocycles. The minimum atomic E-state index is -3.60. The highest BCUT2D eigenvalue weighted by Gasteiger charge is 2.27. The highest BCUT2D eigenvalue weighted by Crippen LogP contribution is 2.22. The number of carbonyl (C=O) groups excluding carboxylic acids is 3. The Morgan fingerprint density at radius 1 is 0.970 bits per heavy atom. The van der Waals surface area contributed by atoms with E-state index in [1.165, 1.54) is 28.6 Å². The van der Waals surface area contributed by atoms with Crippen LogP contribution in [0.3, 0.4) is 0 Å². The summed E-state index contributed by atoms with van der Waals surface area (Å²) in [6.07, 6.45) is 2.68. The first-order valence-corrected chi connectivity index (χ1v) is 12.3. The zero-order chi connectivity index (χ0) is 24.2. The first kappa shape index (κ1) is 24.7. The van der Waals surface area contributed by atoms with Crippen LogP contribution in [0.25, 0.3) is 0 Å². The van der Waals surface area contributed by atoms with Gasteiger partial charge in [0, 0.05) is 18.8 Å². The lowest BCUT2D eigenvalue weighted by Gasteiger charge is -2.25. The molecule has 0 bridgehead atoms. The van der Waals surface area contributed by atoms with E-state index in [4.69, 9.17) is 9.47 Å². The van der Waals surface area contributed by atoms with Crippen molar-refractivity contribution in [3.63, 3.8) is 0 Å². The maximum absolute atomic E-state index is 12.7. The average molecular weight is 477 g/mol. The predicted molar refractivity (Wildman–Crippen MR) is 120 cm³/mol. The standard InChI is InChI=1S/C23H28N2O7S/c1-4-31-23(28)20-15(2)21(24-16(20)3)19(26)14-32-22(27)17-8-10-18(11-9-17)33(29,30)25-12-6-5-7-13-25/h8-11,24H,4-7,12-14H2,1-3H3. The van der Waals surface area contributed by atoms with Crippen molar-refractivity contribution in [1.82, 2.24) is 9.29 Å².